The van der Waals surface area contributed by atoms with E-state index >= 15 is 0 Å². The van der Waals surface area contributed by atoms with Crippen LogP contribution in [-0.2, 0) is 9.59 Å². The zero-order valence-corrected chi connectivity index (χ0v) is 20.1. The van der Waals surface area contributed by atoms with Crippen LogP contribution in [0.2, 0.25) is 0 Å². The molecule has 0 aromatic carbocycles. The number of halogens is 2. The highest BCUT2D eigenvalue weighted by Gasteiger charge is 2.51. The number of alkyl halides is 2. The first-order valence-corrected chi connectivity index (χ1v) is 13.7. The molecule has 31 heavy (non-hydrogen) atoms. The summed E-state index contributed by atoms with van der Waals surface area (Å²) in [7, 11) is 0. The predicted molar refractivity (Wildman–Crippen MR) is 124 cm³/mol. The maximum absolute atomic E-state index is 13.6. The van der Waals surface area contributed by atoms with E-state index in [1.807, 2.05) is 0 Å². The molecule has 7 atom stereocenters. The Kier molecular flexibility index (Phi) is 6.89. The second-order valence-corrected chi connectivity index (χ2v) is 12.3. The van der Waals surface area contributed by atoms with Crippen LogP contribution in [0, 0.1) is 29.6 Å². The van der Waals surface area contributed by atoms with Crippen molar-refractivity contribution in [1.29, 1.82) is 0 Å². The molecule has 0 aromatic rings. The summed E-state index contributed by atoms with van der Waals surface area (Å²) in [5.74, 6) is 0.769. The molecule has 174 valence electrons. The third-order valence-electron chi connectivity index (χ3n) is 9.36. The van der Waals surface area contributed by atoms with Crippen molar-refractivity contribution in [1.82, 2.24) is 10.2 Å². The van der Waals surface area contributed by atoms with E-state index < -0.39 is 5.92 Å². The quantitative estimate of drug-likeness (QED) is 0.479. The van der Waals surface area contributed by atoms with Crippen molar-refractivity contribution in [3.8, 4) is 0 Å². The van der Waals surface area contributed by atoms with Gasteiger partial charge in [-0.3, -0.25) is 9.59 Å². The van der Waals surface area contributed by atoms with Gasteiger partial charge in [-0.05, 0) is 101 Å². The number of nitrogens with one attached hydrogen (secondary N) is 1. The molecule has 0 spiro atoms. The zero-order chi connectivity index (χ0) is 21.5. The van der Waals surface area contributed by atoms with Crippen LogP contribution in [0.15, 0.2) is 0 Å². The number of nitrogens with zero attached hydrogens (tertiary/aromatic N) is 1. The number of hydrogen-bond donors (Lipinski definition) is 1. The maximum Gasteiger partial charge on any atom is 0.231 e. The van der Waals surface area contributed by atoms with Gasteiger partial charge in [-0.15, -0.1) is 23.2 Å². The van der Waals surface area contributed by atoms with E-state index in [2.05, 4.69) is 10.2 Å². The Morgan fingerprint density at radius 1 is 0.806 bits per heavy atom. The third kappa shape index (κ3) is 4.55. The summed E-state index contributed by atoms with van der Waals surface area (Å²) >= 11 is 13.3. The van der Waals surface area contributed by atoms with Gasteiger partial charge < -0.3 is 10.2 Å². The van der Waals surface area contributed by atoms with Gasteiger partial charge in [0.25, 0.3) is 0 Å². The molecule has 3 saturated carbocycles. The first-order valence-electron chi connectivity index (χ1n) is 12.9. The highest BCUT2D eigenvalue weighted by molar-refractivity contribution is 6.21. The molecule has 2 aliphatic heterocycles. The van der Waals surface area contributed by atoms with Crippen LogP contribution >= 0.6 is 23.2 Å². The minimum atomic E-state index is -0.485. The molecule has 1 amide bonds. The standard InChI is InChI=1S/C25H38Cl2N2O2/c26-17-5-3-4-16(12-17)23-24(30)20-13-19(21(27)14-22(20)28-25(23)31)15-6-8-18(9-7-15)29-10-1-2-11-29/h15-23H,1-14H2,(H,28,31). The van der Waals surface area contributed by atoms with Gasteiger partial charge in [0.2, 0.25) is 5.91 Å². The normalized spacial score (nSPS) is 47.1. The van der Waals surface area contributed by atoms with E-state index in [4.69, 9.17) is 23.2 Å². The lowest BCUT2D eigenvalue weighted by Gasteiger charge is -2.48. The van der Waals surface area contributed by atoms with Crippen LogP contribution in [-0.4, -0.2) is 52.5 Å². The Bertz CT molecular complexity index is 674. The fourth-order valence-electron chi connectivity index (χ4n) is 7.70. The van der Waals surface area contributed by atoms with Gasteiger partial charge >= 0.3 is 0 Å². The number of likely N-dealkylation sites (tertiary alicyclic amines) is 1. The summed E-state index contributed by atoms with van der Waals surface area (Å²) < 4.78 is 0. The monoisotopic (exact) mass is 468 g/mol. The summed E-state index contributed by atoms with van der Waals surface area (Å²) in [5.41, 5.74) is 0. The Morgan fingerprint density at radius 2 is 1.55 bits per heavy atom. The van der Waals surface area contributed by atoms with Crippen molar-refractivity contribution in [2.45, 2.75) is 99.9 Å². The number of ketones is 1. The summed E-state index contributed by atoms with van der Waals surface area (Å²) in [4.78, 5) is 29.2. The molecule has 2 saturated heterocycles. The zero-order valence-electron chi connectivity index (χ0n) is 18.6. The first-order chi connectivity index (χ1) is 15.0. The molecule has 5 fully saturated rings. The van der Waals surface area contributed by atoms with Crippen LogP contribution in [0.4, 0.5) is 0 Å². The average Bonchev–Trinajstić information content (AvgIpc) is 3.29. The lowest BCUT2D eigenvalue weighted by molar-refractivity contribution is -0.147. The van der Waals surface area contributed by atoms with Crippen molar-refractivity contribution in [2.24, 2.45) is 29.6 Å². The van der Waals surface area contributed by atoms with E-state index in [0.29, 0.717) is 11.8 Å². The lowest BCUT2D eigenvalue weighted by atomic mass is 9.62. The van der Waals surface area contributed by atoms with E-state index in [9.17, 15) is 9.59 Å². The molecule has 5 rings (SSSR count). The molecule has 5 aliphatic rings. The van der Waals surface area contributed by atoms with E-state index in [-0.39, 0.29) is 40.3 Å². The van der Waals surface area contributed by atoms with Crippen LogP contribution in [0.1, 0.15) is 77.0 Å². The van der Waals surface area contributed by atoms with Crippen LogP contribution in [0.5, 0.6) is 0 Å². The second kappa shape index (κ2) is 9.50. The maximum atomic E-state index is 13.6. The topological polar surface area (TPSA) is 49.4 Å². The largest absolute Gasteiger partial charge is 0.352 e. The van der Waals surface area contributed by atoms with E-state index in [1.165, 1.54) is 51.6 Å². The predicted octanol–water partition coefficient (Wildman–Crippen LogP) is 4.76. The molecular formula is C25H38Cl2N2O2. The van der Waals surface area contributed by atoms with Gasteiger partial charge in [-0.1, -0.05) is 6.42 Å². The van der Waals surface area contributed by atoms with Gasteiger partial charge in [0.1, 0.15) is 0 Å². The number of rotatable bonds is 3. The molecular weight excluding hydrogens is 431 g/mol. The molecule has 3 aliphatic carbocycles. The number of amides is 1. The fourth-order valence-corrected chi connectivity index (χ4v) is 8.58. The molecule has 4 nitrogen and oxygen atoms in total. The smallest absolute Gasteiger partial charge is 0.231 e. The molecule has 7 unspecified atom stereocenters. The Hall–Kier alpha value is -0.320. The molecule has 2 heterocycles. The molecule has 0 aromatic heterocycles. The number of hydrogen-bond acceptors (Lipinski definition) is 3. The number of carbonyl (C=O) groups is 2. The summed E-state index contributed by atoms with van der Waals surface area (Å²) in [6.07, 6.45) is 13.2. The Morgan fingerprint density at radius 3 is 2.26 bits per heavy atom. The SMILES string of the molecule is O=C1NC2CC(Cl)C(C3CCC(N4CCCC4)CC3)CC2C(=O)C1C1CCCC(Cl)C1. The van der Waals surface area contributed by atoms with Gasteiger partial charge in [-0.25, -0.2) is 0 Å². The average molecular weight is 469 g/mol. The van der Waals surface area contributed by atoms with Gasteiger partial charge in [0, 0.05) is 28.8 Å². The number of piperidine rings is 1. The highest BCUT2D eigenvalue weighted by Crippen LogP contribution is 2.47. The van der Waals surface area contributed by atoms with Gasteiger partial charge in [0.05, 0.1) is 5.92 Å². The minimum absolute atomic E-state index is 0.0466. The number of fused-ring (bicyclic) bond motifs is 1. The van der Waals surface area contributed by atoms with Crippen molar-refractivity contribution >= 4 is 34.9 Å². The third-order valence-corrected chi connectivity index (χ3v) is 10.3. The van der Waals surface area contributed by atoms with E-state index in [0.717, 1.165) is 44.6 Å². The molecule has 6 heteroatoms. The van der Waals surface area contributed by atoms with Crippen LogP contribution in [0.25, 0.3) is 0 Å². The van der Waals surface area contributed by atoms with Gasteiger partial charge in [0.15, 0.2) is 5.78 Å². The Labute approximate surface area is 197 Å². The second-order valence-electron chi connectivity index (χ2n) is 11.1. The molecule has 0 radical (unpaired) electrons. The molecule has 0 bridgehead atoms. The lowest BCUT2D eigenvalue weighted by Crippen LogP contribution is -2.60. The summed E-state index contributed by atoms with van der Waals surface area (Å²) in [6.45, 7) is 2.56. The fraction of sp³-hybridized carbons (Fsp3) is 0.920. The summed E-state index contributed by atoms with van der Waals surface area (Å²) in [6, 6.07) is 0.699. The summed E-state index contributed by atoms with van der Waals surface area (Å²) in [5, 5.41) is 3.39. The van der Waals surface area contributed by atoms with Crippen molar-refractivity contribution < 1.29 is 9.59 Å². The van der Waals surface area contributed by atoms with Gasteiger partial charge in [-0.2, -0.15) is 0 Å². The molecule has 1 N–H and O–H groups in total. The first kappa shape index (κ1) is 22.5. The Balaban J connectivity index is 1.24. The van der Waals surface area contributed by atoms with Crippen molar-refractivity contribution in [2.75, 3.05) is 13.1 Å². The van der Waals surface area contributed by atoms with Crippen LogP contribution in [0.3, 0.4) is 0 Å². The highest BCUT2D eigenvalue weighted by atomic mass is 35.5. The number of carbonyl (C=O) groups excluding carboxylic acids is 2. The minimum Gasteiger partial charge on any atom is -0.352 e. The van der Waals surface area contributed by atoms with Crippen molar-refractivity contribution in [3.05, 3.63) is 0 Å². The van der Waals surface area contributed by atoms with E-state index in [1.54, 1.807) is 0 Å². The number of Topliss-reactive ketones (excluding diaryl/α,β-unsaturated/α-hetero) is 1. The van der Waals surface area contributed by atoms with Crippen LogP contribution < -0.4 is 5.32 Å². The van der Waals surface area contributed by atoms with Crippen molar-refractivity contribution in [3.63, 3.8) is 0 Å².